The number of fused-ring (bicyclic) bond motifs is 1. The lowest BCUT2D eigenvalue weighted by atomic mass is 9.98. The Morgan fingerprint density at radius 3 is 2.25 bits per heavy atom. The molecule has 1 N–H and O–H groups in total. The number of rotatable bonds is 6. The molecule has 0 heterocycles. The average Bonchev–Trinajstić information content (AvgIpc) is 2.86. The zero-order chi connectivity index (χ0) is 22.2. The quantitative estimate of drug-likeness (QED) is 0.358. The average molecular weight is 419 g/mol. The van der Waals surface area contributed by atoms with Crippen LogP contribution in [0.15, 0.2) is 97.1 Å². The second kappa shape index (κ2) is 10.1. The van der Waals surface area contributed by atoms with E-state index in [1.165, 1.54) is 0 Å². The van der Waals surface area contributed by atoms with Gasteiger partial charge in [0.2, 0.25) is 0 Å². The normalized spacial score (nSPS) is 10.1. The van der Waals surface area contributed by atoms with Crippen LogP contribution in [0.1, 0.15) is 26.3 Å². The van der Waals surface area contributed by atoms with E-state index in [2.05, 4.69) is 17.2 Å². The maximum absolute atomic E-state index is 12.8. The smallest absolute Gasteiger partial charge is 0.252 e. The SMILES string of the molecule is O=C(NCC#CCOc1cccc2ccccc12)c1ccccc1C(=O)c1ccccc1. The number of nitrogens with one attached hydrogen (secondary N) is 1. The molecule has 0 aromatic heterocycles. The number of hydrogen-bond donors (Lipinski definition) is 1. The lowest BCUT2D eigenvalue weighted by molar-refractivity contribution is 0.0946. The van der Waals surface area contributed by atoms with Crippen LogP contribution >= 0.6 is 0 Å². The fourth-order valence-corrected chi connectivity index (χ4v) is 3.39. The summed E-state index contributed by atoms with van der Waals surface area (Å²) in [7, 11) is 0. The van der Waals surface area contributed by atoms with Crippen molar-refractivity contribution in [1.82, 2.24) is 5.32 Å². The number of ether oxygens (including phenoxy) is 1. The monoisotopic (exact) mass is 419 g/mol. The van der Waals surface area contributed by atoms with Crippen LogP contribution in [-0.2, 0) is 0 Å². The van der Waals surface area contributed by atoms with Gasteiger partial charge in [-0.25, -0.2) is 0 Å². The van der Waals surface area contributed by atoms with Crippen molar-refractivity contribution in [3.8, 4) is 17.6 Å². The Morgan fingerprint density at radius 1 is 0.719 bits per heavy atom. The summed E-state index contributed by atoms with van der Waals surface area (Å²) in [5.74, 6) is 6.05. The van der Waals surface area contributed by atoms with E-state index < -0.39 is 0 Å². The summed E-state index contributed by atoms with van der Waals surface area (Å²) in [6, 6.07) is 29.6. The van der Waals surface area contributed by atoms with E-state index >= 15 is 0 Å². The maximum Gasteiger partial charge on any atom is 0.252 e. The lowest BCUT2D eigenvalue weighted by Gasteiger charge is -2.08. The Morgan fingerprint density at radius 2 is 1.41 bits per heavy atom. The van der Waals surface area contributed by atoms with Gasteiger partial charge >= 0.3 is 0 Å². The molecule has 4 nitrogen and oxygen atoms in total. The van der Waals surface area contributed by atoms with Crippen LogP contribution in [0.25, 0.3) is 10.8 Å². The predicted molar refractivity (Wildman–Crippen MR) is 126 cm³/mol. The third-order valence-electron chi connectivity index (χ3n) is 4.96. The summed E-state index contributed by atoms with van der Waals surface area (Å²) < 4.78 is 5.78. The highest BCUT2D eigenvalue weighted by atomic mass is 16.5. The molecule has 0 bridgehead atoms. The van der Waals surface area contributed by atoms with Crippen molar-refractivity contribution < 1.29 is 14.3 Å². The summed E-state index contributed by atoms with van der Waals surface area (Å²) in [5.41, 5.74) is 1.23. The van der Waals surface area contributed by atoms with Gasteiger partial charge in [0.05, 0.1) is 12.1 Å². The molecule has 0 fully saturated rings. The van der Waals surface area contributed by atoms with Crippen LogP contribution in [0.4, 0.5) is 0 Å². The molecule has 0 spiro atoms. The molecule has 4 heteroatoms. The molecule has 0 saturated carbocycles. The molecule has 156 valence electrons. The van der Waals surface area contributed by atoms with E-state index in [0.717, 1.165) is 16.5 Å². The van der Waals surface area contributed by atoms with Crippen LogP contribution in [-0.4, -0.2) is 24.8 Å². The Labute approximate surface area is 186 Å². The standard InChI is InChI=1S/C28H21NO3/c30-27(22-12-2-1-3-13-22)24-16-6-7-17-25(24)28(31)29-19-8-9-20-32-26-18-10-14-21-11-4-5-15-23(21)26/h1-7,10-18H,19-20H2,(H,29,31). The van der Waals surface area contributed by atoms with Gasteiger partial charge < -0.3 is 10.1 Å². The number of carbonyl (C=O) groups is 2. The highest BCUT2D eigenvalue weighted by Crippen LogP contribution is 2.24. The van der Waals surface area contributed by atoms with Crippen LogP contribution in [0.5, 0.6) is 5.75 Å². The van der Waals surface area contributed by atoms with Crippen molar-refractivity contribution in [2.24, 2.45) is 0 Å². The number of ketones is 1. The molecular formula is C28H21NO3. The van der Waals surface area contributed by atoms with Gasteiger partial charge in [0.1, 0.15) is 12.4 Å². The fourth-order valence-electron chi connectivity index (χ4n) is 3.39. The summed E-state index contributed by atoms with van der Waals surface area (Å²) in [5, 5.41) is 4.89. The van der Waals surface area contributed by atoms with Crippen molar-refractivity contribution in [2.45, 2.75) is 0 Å². The van der Waals surface area contributed by atoms with E-state index in [-0.39, 0.29) is 24.8 Å². The summed E-state index contributed by atoms with van der Waals surface area (Å²) in [6.07, 6.45) is 0. The molecule has 0 unspecified atom stereocenters. The first-order valence-corrected chi connectivity index (χ1v) is 10.3. The molecule has 4 aromatic carbocycles. The predicted octanol–water partition coefficient (Wildman–Crippen LogP) is 4.88. The van der Waals surface area contributed by atoms with Crippen molar-refractivity contribution in [3.05, 3.63) is 114 Å². The zero-order valence-electron chi connectivity index (χ0n) is 17.4. The van der Waals surface area contributed by atoms with Gasteiger partial charge in [0.25, 0.3) is 5.91 Å². The highest BCUT2D eigenvalue weighted by molar-refractivity contribution is 6.15. The third kappa shape index (κ3) is 4.85. The van der Waals surface area contributed by atoms with Crippen LogP contribution < -0.4 is 10.1 Å². The van der Waals surface area contributed by atoms with E-state index in [1.807, 2.05) is 48.5 Å². The van der Waals surface area contributed by atoms with Gasteiger partial charge in [0, 0.05) is 16.5 Å². The van der Waals surface area contributed by atoms with Gasteiger partial charge in [-0.15, -0.1) is 0 Å². The van der Waals surface area contributed by atoms with Gasteiger partial charge in [-0.3, -0.25) is 9.59 Å². The van der Waals surface area contributed by atoms with Crippen molar-refractivity contribution in [1.29, 1.82) is 0 Å². The number of amides is 1. The van der Waals surface area contributed by atoms with Gasteiger partial charge in [0.15, 0.2) is 5.78 Å². The second-order valence-electron chi connectivity index (χ2n) is 7.04. The van der Waals surface area contributed by atoms with Crippen LogP contribution in [0.2, 0.25) is 0 Å². The molecule has 0 aliphatic carbocycles. The maximum atomic E-state index is 12.8. The minimum absolute atomic E-state index is 0.158. The molecule has 0 saturated heterocycles. The number of benzene rings is 4. The fraction of sp³-hybridized carbons (Fsp3) is 0.0714. The Balaban J connectivity index is 1.35. The first kappa shape index (κ1) is 20.9. The number of carbonyl (C=O) groups excluding carboxylic acids is 2. The van der Waals surface area contributed by atoms with E-state index in [0.29, 0.717) is 16.7 Å². The summed E-state index contributed by atoms with van der Waals surface area (Å²) in [6.45, 7) is 0.374. The third-order valence-corrected chi connectivity index (χ3v) is 4.96. The minimum Gasteiger partial charge on any atom is -0.480 e. The molecule has 4 aromatic rings. The summed E-state index contributed by atoms with van der Waals surface area (Å²) in [4.78, 5) is 25.4. The largest absolute Gasteiger partial charge is 0.480 e. The van der Waals surface area contributed by atoms with E-state index in [9.17, 15) is 9.59 Å². The van der Waals surface area contributed by atoms with Crippen LogP contribution in [0, 0.1) is 11.8 Å². The number of hydrogen-bond acceptors (Lipinski definition) is 3. The van der Waals surface area contributed by atoms with Crippen molar-refractivity contribution in [2.75, 3.05) is 13.2 Å². The molecule has 0 atom stereocenters. The Hall–Kier alpha value is -4.36. The first-order chi connectivity index (χ1) is 15.7. The summed E-state index contributed by atoms with van der Waals surface area (Å²) >= 11 is 0. The van der Waals surface area contributed by atoms with Crippen LogP contribution in [0.3, 0.4) is 0 Å². The Bertz CT molecular complexity index is 1310. The molecule has 32 heavy (non-hydrogen) atoms. The molecule has 0 aliphatic rings. The molecule has 0 aliphatic heterocycles. The highest BCUT2D eigenvalue weighted by Gasteiger charge is 2.17. The van der Waals surface area contributed by atoms with E-state index in [1.54, 1.807) is 48.5 Å². The minimum atomic E-state index is -0.339. The second-order valence-corrected chi connectivity index (χ2v) is 7.04. The van der Waals surface area contributed by atoms with Crippen molar-refractivity contribution >= 4 is 22.5 Å². The Kier molecular flexibility index (Phi) is 6.60. The van der Waals surface area contributed by atoms with Gasteiger partial charge in [-0.05, 0) is 17.5 Å². The first-order valence-electron chi connectivity index (χ1n) is 10.3. The molecular weight excluding hydrogens is 398 g/mol. The van der Waals surface area contributed by atoms with Crippen molar-refractivity contribution in [3.63, 3.8) is 0 Å². The zero-order valence-corrected chi connectivity index (χ0v) is 17.4. The topological polar surface area (TPSA) is 55.4 Å². The lowest BCUT2D eigenvalue weighted by Crippen LogP contribution is -2.25. The van der Waals surface area contributed by atoms with Gasteiger partial charge in [-0.1, -0.05) is 96.8 Å². The molecule has 0 radical (unpaired) electrons. The molecule has 4 rings (SSSR count). The van der Waals surface area contributed by atoms with Gasteiger partial charge in [-0.2, -0.15) is 0 Å². The van der Waals surface area contributed by atoms with E-state index in [4.69, 9.17) is 4.74 Å². The molecule has 1 amide bonds.